The van der Waals surface area contributed by atoms with Crippen LogP contribution in [-0.4, -0.2) is 5.66 Å². The second-order valence-corrected chi connectivity index (χ2v) is 11.3. The van der Waals surface area contributed by atoms with Crippen molar-refractivity contribution in [2.24, 2.45) is 5.92 Å². The zero-order valence-electron chi connectivity index (χ0n) is 16.0. The van der Waals surface area contributed by atoms with Crippen LogP contribution in [0.5, 0.6) is 0 Å². The molecule has 0 spiro atoms. The Morgan fingerprint density at radius 3 is 1.30 bits per heavy atom. The first-order chi connectivity index (χ1) is 12.8. The van der Waals surface area contributed by atoms with Crippen molar-refractivity contribution in [3.8, 4) is 0 Å². The van der Waals surface area contributed by atoms with E-state index in [0.29, 0.717) is 5.66 Å². The second kappa shape index (κ2) is 9.18. The van der Waals surface area contributed by atoms with Gasteiger partial charge in [-0.2, -0.15) is 0 Å². The molecule has 1 fully saturated rings. The topological polar surface area (TPSA) is 0 Å². The summed E-state index contributed by atoms with van der Waals surface area (Å²) in [5, 5.41) is 4.57. The molecule has 3 aromatic rings. The van der Waals surface area contributed by atoms with E-state index in [1.54, 1.807) is 0 Å². The third kappa shape index (κ3) is 3.78. The average molecular weight is 439 g/mol. The predicted octanol–water partition coefficient (Wildman–Crippen LogP) is 2.56. The zero-order chi connectivity index (χ0) is 17.8. The van der Waals surface area contributed by atoms with Crippen LogP contribution in [-0.2, 0) is 0 Å². The summed E-state index contributed by atoms with van der Waals surface area (Å²) >= 11 is 0. The van der Waals surface area contributed by atoms with Crippen molar-refractivity contribution in [2.75, 3.05) is 0 Å². The summed E-state index contributed by atoms with van der Waals surface area (Å²) in [6, 6.07) is 34.0. The van der Waals surface area contributed by atoms with Gasteiger partial charge in [0.1, 0.15) is 23.2 Å². The van der Waals surface area contributed by atoms with Gasteiger partial charge in [-0.1, -0.05) is 67.4 Å². The average Bonchev–Trinajstić information content (AvgIpc) is 3.26. The van der Waals surface area contributed by atoms with Gasteiger partial charge < -0.3 is 17.0 Å². The van der Waals surface area contributed by atoms with Gasteiger partial charge in [0.15, 0.2) is 0 Å². The molecule has 1 saturated carbocycles. The van der Waals surface area contributed by atoms with Crippen molar-refractivity contribution in [1.82, 2.24) is 0 Å². The summed E-state index contributed by atoms with van der Waals surface area (Å²) in [6.07, 6.45) is 5.56. The zero-order valence-corrected chi connectivity index (χ0v) is 18.4. The highest BCUT2D eigenvalue weighted by Gasteiger charge is 2.52. The molecule has 1 atom stereocenters. The maximum absolute atomic E-state index is 2.54. The van der Waals surface area contributed by atoms with E-state index < -0.39 is 7.26 Å². The van der Waals surface area contributed by atoms with Crippen molar-refractivity contribution in [3.05, 3.63) is 91.0 Å². The third-order valence-electron chi connectivity index (χ3n) is 6.18. The number of rotatable bonds is 5. The lowest BCUT2D eigenvalue weighted by Gasteiger charge is -2.36. The molecule has 1 aliphatic rings. The van der Waals surface area contributed by atoms with E-state index in [-0.39, 0.29) is 17.0 Å². The molecule has 1 unspecified atom stereocenters. The van der Waals surface area contributed by atoms with E-state index >= 15 is 0 Å². The molecule has 0 N–H and O–H groups in total. The van der Waals surface area contributed by atoms with E-state index in [2.05, 4.69) is 97.9 Å². The highest BCUT2D eigenvalue weighted by molar-refractivity contribution is 7.96. The Morgan fingerprint density at radius 1 is 0.630 bits per heavy atom. The fourth-order valence-electron chi connectivity index (χ4n) is 4.90. The van der Waals surface area contributed by atoms with Crippen LogP contribution in [0.2, 0.25) is 0 Å². The summed E-state index contributed by atoms with van der Waals surface area (Å²) in [5.41, 5.74) is 0.664. The van der Waals surface area contributed by atoms with Gasteiger partial charge in [0.2, 0.25) is 0 Å². The van der Waals surface area contributed by atoms with Crippen LogP contribution in [0.4, 0.5) is 0 Å². The van der Waals surface area contributed by atoms with Gasteiger partial charge in [-0.15, -0.1) is 0 Å². The Kier molecular flexibility index (Phi) is 6.90. The van der Waals surface area contributed by atoms with Crippen LogP contribution in [0.15, 0.2) is 91.0 Å². The van der Waals surface area contributed by atoms with E-state index in [1.165, 1.54) is 41.6 Å². The fourth-order valence-corrected chi connectivity index (χ4v) is 10.1. The highest BCUT2D eigenvalue weighted by atomic mass is 79.9. The molecule has 0 saturated heterocycles. The molecule has 27 heavy (non-hydrogen) atoms. The molecular formula is C25H28BrP. The van der Waals surface area contributed by atoms with Crippen LogP contribution in [0.1, 0.15) is 32.6 Å². The molecule has 140 valence electrons. The Labute approximate surface area is 175 Å². The van der Waals surface area contributed by atoms with Crippen molar-refractivity contribution >= 4 is 23.2 Å². The Hall–Kier alpha value is -1.43. The lowest BCUT2D eigenvalue weighted by molar-refractivity contribution is -0.00000513. The van der Waals surface area contributed by atoms with Crippen LogP contribution in [0.3, 0.4) is 0 Å². The van der Waals surface area contributed by atoms with Gasteiger partial charge in [0, 0.05) is 0 Å². The first-order valence-corrected chi connectivity index (χ1v) is 11.7. The minimum atomic E-state index is -1.69. The summed E-state index contributed by atoms with van der Waals surface area (Å²) in [7, 11) is -1.69. The number of halogens is 1. The molecule has 0 nitrogen and oxygen atoms in total. The molecule has 0 aromatic heterocycles. The molecule has 3 aromatic carbocycles. The predicted molar refractivity (Wildman–Crippen MR) is 117 cm³/mol. The minimum absolute atomic E-state index is 0. The number of benzene rings is 3. The summed E-state index contributed by atoms with van der Waals surface area (Å²) < 4.78 is 0. The second-order valence-electron chi connectivity index (χ2n) is 7.51. The molecule has 0 amide bonds. The van der Waals surface area contributed by atoms with E-state index in [4.69, 9.17) is 0 Å². The van der Waals surface area contributed by atoms with Crippen LogP contribution >= 0.6 is 7.26 Å². The SMILES string of the molecule is CC(C1CCCC1)[P+](c1ccccc1)(c1ccccc1)c1ccccc1.[Br-]. The smallest absolute Gasteiger partial charge is 0.115 e. The number of hydrogen-bond donors (Lipinski definition) is 0. The van der Waals surface area contributed by atoms with Gasteiger partial charge >= 0.3 is 0 Å². The lowest BCUT2D eigenvalue weighted by atomic mass is 10.1. The lowest BCUT2D eigenvalue weighted by Crippen LogP contribution is -3.00. The van der Waals surface area contributed by atoms with Gasteiger partial charge in [-0.25, -0.2) is 0 Å². The number of hydrogen-bond acceptors (Lipinski definition) is 0. The first-order valence-electron chi connectivity index (χ1n) is 9.89. The quantitative estimate of drug-likeness (QED) is 0.537. The highest BCUT2D eigenvalue weighted by Crippen LogP contribution is 2.63. The standard InChI is InChI=1S/C25H28P.BrH/c1-21(22-13-11-12-14-22)26(23-15-5-2-6-16-23,24-17-7-3-8-18-24)25-19-9-4-10-20-25;/h2-10,15-22H,11-14H2,1H3;1H/q+1;/p-1. The monoisotopic (exact) mass is 438 g/mol. The van der Waals surface area contributed by atoms with Crippen molar-refractivity contribution in [3.63, 3.8) is 0 Å². The van der Waals surface area contributed by atoms with E-state index in [0.717, 1.165) is 5.92 Å². The van der Waals surface area contributed by atoms with Crippen LogP contribution < -0.4 is 32.9 Å². The summed E-state index contributed by atoms with van der Waals surface area (Å²) in [4.78, 5) is 0. The molecule has 4 rings (SSSR count). The molecular weight excluding hydrogens is 411 g/mol. The molecule has 0 heterocycles. The molecule has 0 radical (unpaired) electrons. The van der Waals surface area contributed by atoms with Gasteiger partial charge in [0.25, 0.3) is 0 Å². The van der Waals surface area contributed by atoms with Crippen LogP contribution in [0.25, 0.3) is 0 Å². The van der Waals surface area contributed by atoms with Crippen LogP contribution in [0, 0.1) is 5.92 Å². The Morgan fingerprint density at radius 2 is 0.963 bits per heavy atom. The molecule has 0 aliphatic heterocycles. The van der Waals surface area contributed by atoms with Crippen molar-refractivity contribution in [2.45, 2.75) is 38.3 Å². The van der Waals surface area contributed by atoms with Crippen molar-refractivity contribution < 1.29 is 17.0 Å². The van der Waals surface area contributed by atoms with E-state index in [1.807, 2.05) is 0 Å². The van der Waals surface area contributed by atoms with E-state index in [9.17, 15) is 0 Å². The largest absolute Gasteiger partial charge is 1.00 e. The normalized spacial score (nSPS) is 15.9. The molecule has 0 bridgehead atoms. The maximum Gasteiger partial charge on any atom is 0.115 e. The minimum Gasteiger partial charge on any atom is -1.00 e. The third-order valence-corrected chi connectivity index (χ3v) is 11.2. The Bertz CT molecular complexity index is 714. The summed E-state index contributed by atoms with van der Waals surface area (Å²) in [5.74, 6) is 0.823. The molecule has 2 heteroatoms. The fraction of sp³-hybridized carbons (Fsp3) is 0.280. The molecule has 1 aliphatic carbocycles. The van der Waals surface area contributed by atoms with Gasteiger partial charge in [0.05, 0.1) is 5.66 Å². The van der Waals surface area contributed by atoms with Gasteiger partial charge in [-0.3, -0.25) is 0 Å². The maximum atomic E-state index is 2.54. The Balaban J connectivity index is 0.00000210. The first kappa shape index (κ1) is 20.3. The van der Waals surface area contributed by atoms with Crippen molar-refractivity contribution in [1.29, 1.82) is 0 Å². The summed E-state index contributed by atoms with van der Waals surface area (Å²) in [6.45, 7) is 2.54. The van der Waals surface area contributed by atoms with Gasteiger partial charge in [-0.05, 0) is 62.1 Å².